The third kappa shape index (κ3) is 10.5. The first kappa shape index (κ1) is 38.6. The van der Waals surface area contributed by atoms with Crippen molar-refractivity contribution < 1.29 is 28.3 Å². The average Bonchev–Trinajstić information content (AvgIpc) is 3.53. The summed E-state index contributed by atoms with van der Waals surface area (Å²) >= 11 is -1.24. The average molecular weight is 741 g/mol. The van der Waals surface area contributed by atoms with Crippen molar-refractivity contribution in [3.8, 4) is 16.9 Å². The Hall–Kier alpha value is -4.13. The molecule has 1 aromatic heterocycles. The molecular weight excluding hydrogens is 689 g/mol. The number of hydrogen-bond acceptors (Lipinski definition) is 8. The Labute approximate surface area is 316 Å². The van der Waals surface area contributed by atoms with E-state index in [4.69, 9.17) is 18.9 Å². The Morgan fingerprint density at radius 2 is 1.83 bits per heavy atom. The first-order chi connectivity index (χ1) is 25.9. The standard InChI is InChI=1S/C42H52N4O6S/c1-4-6-20-49-21-23-51-37-14-9-32(10-15-37)33-11-18-40-35(25-33)26-34(8-7-19-46(40)27-38-28-50-22-24-52-38)42(47)44-36-12-16-39(17-13-36)53(48)29-41-31(3)43-30-45(41)5-2/h9-18,25-26,30,38H,4-8,19-24,27-29H2,1-3H3,(H,44,47)/b34-26+/t38-,53+/m0/s1. The van der Waals surface area contributed by atoms with Crippen LogP contribution in [0.2, 0.25) is 0 Å². The van der Waals surface area contributed by atoms with Crippen LogP contribution in [0.1, 0.15) is 56.5 Å². The number of nitrogens with one attached hydrogen (secondary N) is 1. The second-order valence-electron chi connectivity index (χ2n) is 13.4. The van der Waals surface area contributed by atoms with Crippen molar-refractivity contribution in [2.24, 2.45) is 0 Å². The number of rotatable bonds is 16. The van der Waals surface area contributed by atoms with Crippen molar-refractivity contribution in [3.05, 3.63) is 95.6 Å². The third-order valence-electron chi connectivity index (χ3n) is 9.64. The first-order valence-electron chi connectivity index (χ1n) is 18.8. The van der Waals surface area contributed by atoms with Crippen LogP contribution in [0.4, 0.5) is 11.4 Å². The number of benzene rings is 3. The lowest BCUT2D eigenvalue weighted by Gasteiger charge is -2.33. The van der Waals surface area contributed by atoms with Crippen LogP contribution in [0, 0.1) is 6.92 Å². The minimum absolute atomic E-state index is 0.0119. The molecule has 2 atom stereocenters. The number of aryl methyl sites for hydroxylation is 2. The number of carbonyl (C=O) groups excluding carboxylic acids is 1. The fourth-order valence-electron chi connectivity index (χ4n) is 6.62. The van der Waals surface area contributed by atoms with Gasteiger partial charge < -0.3 is 38.3 Å². The Kier molecular flexibility index (Phi) is 14.0. The number of nitrogens with zero attached hydrogens (tertiary/aromatic N) is 3. The molecule has 10 nitrogen and oxygen atoms in total. The smallest absolute Gasteiger partial charge is 0.251 e. The fraction of sp³-hybridized carbons (Fsp3) is 0.429. The zero-order chi connectivity index (χ0) is 37.0. The van der Waals surface area contributed by atoms with Gasteiger partial charge in [0.15, 0.2) is 10.6 Å². The molecule has 4 aromatic rings. The summed E-state index contributed by atoms with van der Waals surface area (Å²) in [5.74, 6) is 1.05. The summed E-state index contributed by atoms with van der Waals surface area (Å²) in [6.45, 7) is 12.1. The molecule has 282 valence electrons. The van der Waals surface area contributed by atoms with Gasteiger partial charge in [0.2, 0.25) is 0 Å². The van der Waals surface area contributed by atoms with Crippen LogP contribution in [0.25, 0.3) is 17.2 Å². The van der Waals surface area contributed by atoms with Gasteiger partial charge in [-0.05, 0) is 116 Å². The Balaban J connectivity index is 1.18. The quantitative estimate of drug-likeness (QED) is 0.0934. The van der Waals surface area contributed by atoms with Gasteiger partial charge in [0, 0.05) is 43.2 Å². The molecule has 0 spiro atoms. The van der Waals surface area contributed by atoms with E-state index in [2.05, 4.69) is 52.5 Å². The van der Waals surface area contributed by atoms with E-state index in [1.165, 1.54) is 0 Å². The molecule has 0 saturated carbocycles. The molecule has 1 N–H and O–H groups in total. The predicted molar refractivity (Wildman–Crippen MR) is 211 cm³/mol. The maximum Gasteiger partial charge on any atom is 0.251 e. The second-order valence-corrected chi connectivity index (χ2v) is 14.9. The maximum atomic E-state index is 13.8. The minimum Gasteiger partial charge on any atom is -0.611 e. The number of carbonyl (C=O) groups is 1. The van der Waals surface area contributed by atoms with Crippen molar-refractivity contribution >= 4 is 34.5 Å². The molecule has 2 aliphatic heterocycles. The molecule has 3 heterocycles. The van der Waals surface area contributed by atoms with Gasteiger partial charge in [-0.15, -0.1) is 0 Å². The Morgan fingerprint density at radius 1 is 1.02 bits per heavy atom. The topological polar surface area (TPSA) is 110 Å². The number of amides is 1. The van der Waals surface area contributed by atoms with E-state index in [0.717, 1.165) is 78.5 Å². The molecule has 0 bridgehead atoms. The summed E-state index contributed by atoms with van der Waals surface area (Å²) in [4.78, 5) is 21.3. The minimum atomic E-state index is -1.24. The highest BCUT2D eigenvalue weighted by Gasteiger charge is 2.24. The third-order valence-corrected chi connectivity index (χ3v) is 11.0. The molecule has 0 aliphatic carbocycles. The van der Waals surface area contributed by atoms with Crippen LogP contribution in [0.5, 0.6) is 5.75 Å². The number of anilines is 2. The van der Waals surface area contributed by atoms with Gasteiger partial charge in [-0.1, -0.05) is 31.5 Å². The van der Waals surface area contributed by atoms with E-state index in [-0.39, 0.29) is 12.0 Å². The van der Waals surface area contributed by atoms with E-state index < -0.39 is 11.2 Å². The number of unbranched alkanes of at least 4 members (excludes halogenated alkanes) is 1. The number of imidazole rings is 1. The number of hydrogen-bond donors (Lipinski definition) is 1. The fourth-order valence-corrected chi connectivity index (χ4v) is 7.85. The van der Waals surface area contributed by atoms with Gasteiger partial charge in [0.25, 0.3) is 5.91 Å². The molecule has 6 rings (SSSR count). The van der Waals surface area contributed by atoms with Crippen LogP contribution in [0.3, 0.4) is 0 Å². The van der Waals surface area contributed by atoms with Crippen LogP contribution >= 0.6 is 0 Å². The monoisotopic (exact) mass is 740 g/mol. The van der Waals surface area contributed by atoms with E-state index in [1.54, 1.807) is 6.33 Å². The summed E-state index contributed by atoms with van der Waals surface area (Å²) in [6.07, 6.45) is 7.41. The lowest BCUT2D eigenvalue weighted by molar-refractivity contribution is -0.112. The molecule has 0 radical (unpaired) electrons. The van der Waals surface area contributed by atoms with Crippen LogP contribution in [-0.2, 0) is 42.5 Å². The van der Waals surface area contributed by atoms with E-state index in [1.807, 2.05) is 60.9 Å². The lowest BCUT2D eigenvalue weighted by Crippen LogP contribution is -2.41. The summed E-state index contributed by atoms with van der Waals surface area (Å²) < 4.78 is 38.5. The molecule has 0 unspecified atom stereocenters. The zero-order valence-corrected chi connectivity index (χ0v) is 32.0. The molecule has 1 fully saturated rings. The van der Waals surface area contributed by atoms with Gasteiger partial charge in [-0.3, -0.25) is 4.79 Å². The molecule has 1 saturated heterocycles. The van der Waals surface area contributed by atoms with Gasteiger partial charge in [0.05, 0.1) is 50.2 Å². The number of fused-ring (bicyclic) bond motifs is 1. The summed E-state index contributed by atoms with van der Waals surface area (Å²) in [5, 5.41) is 3.10. The highest BCUT2D eigenvalue weighted by Crippen LogP contribution is 2.33. The molecule has 2 aliphatic rings. The van der Waals surface area contributed by atoms with Crippen molar-refractivity contribution in [3.63, 3.8) is 0 Å². The van der Waals surface area contributed by atoms with E-state index in [9.17, 15) is 9.35 Å². The van der Waals surface area contributed by atoms with Crippen LogP contribution < -0.4 is 15.0 Å². The first-order valence-corrected chi connectivity index (χ1v) is 20.1. The second kappa shape index (κ2) is 19.3. The van der Waals surface area contributed by atoms with Crippen molar-refractivity contribution in [1.82, 2.24) is 9.55 Å². The van der Waals surface area contributed by atoms with Crippen molar-refractivity contribution in [1.29, 1.82) is 0 Å². The summed E-state index contributed by atoms with van der Waals surface area (Å²) in [5.41, 5.74) is 7.38. The molecule has 53 heavy (non-hydrogen) atoms. The highest BCUT2D eigenvalue weighted by atomic mass is 32.2. The molecule has 11 heteroatoms. The van der Waals surface area contributed by atoms with Crippen LogP contribution in [-0.4, -0.2) is 78.8 Å². The van der Waals surface area contributed by atoms with Crippen molar-refractivity contribution in [2.75, 3.05) is 62.9 Å². The van der Waals surface area contributed by atoms with Crippen LogP contribution in [0.15, 0.2) is 83.5 Å². The maximum absolute atomic E-state index is 13.8. The highest BCUT2D eigenvalue weighted by molar-refractivity contribution is 7.90. The Morgan fingerprint density at radius 3 is 2.58 bits per heavy atom. The molecule has 3 aromatic carbocycles. The summed E-state index contributed by atoms with van der Waals surface area (Å²) in [6, 6.07) is 21.9. The van der Waals surface area contributed by atoms with Gasteiger partial charge in [-0.2, -0.15) is 0 Å². The predicted octanol–water partition coefficient (Wildman–Crippen LogP) is 7.42. The number of aromatic nitrogens is 2. The van der Waals surface area contributed by atoms with Crippen molar-refractivity contribution in [2.45, 2.75) is 69.8 Å². The lowest BCUT2D eigenvalue weighted by atomic mass is 9.96. The largest absolute Gasteiger partial charge is 0.611 e. The van der Waals surface area contributed by atoms with Gasteiger partial charge in [-0.25, -0.2) is 4.98 Å². The normalized spacial score (nSPS) is 17.6. The summed E-state index contributed by atoms with van der Waals surface area (Å²) in [7, 11) is 0. The van der Waals surface area contributed by atoms with E-state index in [0.29, 0.717) is 67.9 Å². The zero-order valence-electron chi connectivity index (χ0n) is 31.2. The molecule has 1 amide bonds. The Bertz CT molecular complexity index is 1800. The number of ether oxygens (including phenoxy) is 4. The van der Waals surface area contributed by atoms with E-state index >= 15 is 0 Å². The van der Waals surface area contributed by atoms with Gasteiger partial charge >= 0.3 is 0 Å². The van der Waals surface area contributed by atoms with Gasteiger partial charge in [0.1, 0.15) is 12.4 Å². The molecular formula is C42H52N4O6S. The SMILES string of the molecule is CCCCOCCOc1ccc(-c2ccc3c(c2)/C=C(/C(=O)Nc2ccc([S@+]([O-])Cc4c(C)ncn4CC)cc2)CCCN3C[C@H]2COCCO2)cc1.